The van der Waals surface area contributed by atoms with Crippen molar-refractivity contribution in [3.05, 3.63) is 65.4 Å². The van der Waals surface area contributed by atoms with Gasteiger partial charge in [-0.3, -0.25) is 4.79 Å². The van der Waals surface area contributed by atoms with Crippen LogP contribution in [0.5, 0.6) is 0 Å². The second-order valence-electron chi connectivity index (χ2n) is 5.17. The average Bonchev–Trinajstić information content (AvgIpc) is 3.01. The van der Waals surface area contributed by atoms with E-state index in [9.17, 15) is 9.59 Å². The molecule has 1 amide bonds. The number of halogens is 1. The summed E-state index contributed by atoms with van der Waals surface area (Å²) in [6.07, 6.45) is -0.998. The minimum Gasteiger partial charge on any atom is -0.449 e. The first-order valence-corrected chi connectivity index (χ1v) is 7.67. The Morgan fingerprint density at radius 1 is 1.12 bits per heavy atom. The summed E-state index contributed by atoms with van der Waals surface area (Å²) < 4.78 is 10.6. The lowest BCUT2D eigenvalue weighted by Crippen LogP contribution is -2.30. The third-order valence-corrected chi connectivity index (χ3v) is 3.74. The van der Waals surface area contributed by atoms with E-state index in [2.05, 4.69) is 5.32 Å². The van der Waals surface area contributed by atoms with E-state index in [0.717, 1.165) is 5.39 Å². The Hall–Kier alpha value is -2.79. The molecule has 0 saturated heterocycles. The normalized spacial score (nSPS) is 11.9. The molecule has 0 aliphatic rings. The molecule has 0 radical (unpaired) electrons. The Labute approximate surface area is 143 Å². The zero-order valence-electron chi connectivity index (χ0n) is 12.8. The van der Waals surface area contributed by atoms with E-state index in [1.54, 1.807) is 42.5 Å². The molecule has 1 N–H and O–H groups in total. The molecule has 0 aliphatic heterocycles. The van der Waals surface area contributed by atoms with Crippen molar-refractivity contribution in [1.82, 2.24) is 0 Å². The van der Waals surface area contributed by atoms with Gasteiger partial charge in [-0.15, -0.1) is 0 Å². The van der Waals surface area contributed by atoms with Crippen LogP contribution < -0.4 is 5.32 Å². The van der Waals surface area contributed by atoms with Crippen molar-refractivity contribution in [3.63, 3.8) is 0 Å². The van der Waals surface area contributed by atoms with Crippen LogP contribution >= 0.6 is 11.6 Å². The van der Waals surface area contributed by atoms with Crippen LogP contribution in [0.1, 0.15) is 17.5 Å². The number of fused-ring (bicyclic) bond motifs is 1. The fourth-order valence-electron chi connectivity index (χ4n) is 2.15. The Balaban J connectivity index is 1.67. The number of carbonyl (C=O) groups is 2. The summed E-state index contributed by atoms with van der Waals surface area (Å²) in [6, 6.07) is 15.6. The summed E-state index contributed by atoms with van der Waals surface area (Å²) in [4.78, 5) is 24.3. The topological polar surface area (TPSA) is 68.5 Å². The van der Waals surface area contributed by atoms with Crippen molar-refractivity contribution in [2.75, 3.05) is 5.32 Å². The Bertz CT molecular complexity index is 870. The summed E-state index contributed by atoms with van der Waals surface area (Å²) in [7, 11) is 0. The molecule has 1 heterocycles. The van der Waals surface area contributed by atoms with Crippen molar-refractivity contribution in [3.8, 4) is 0 Å². The number of rotatable bonds is 4. The lowest BCUT2D eigenvalue weighted by atomic mass is 10.2. The van der Waals surface area contributed by atoms with Gasteiger partial charge in [0.05, 0.1) is 10.7 Å². The van der Waals surface area contributed by atoms with E-state index < -0.39 is 18.0 Å². The van der Waals surface area contributed by atoms with Crippen molar-refractivity contribution >= 4 is 40.1 Å². The number of ether oxygens (including phenoxy) is 1. The first kappa shape index (κ1) is 16.1. The lowest BCUT2D eigenvalue weighted by Gasteiger charge is -2.13. The van der Waals surface area contributed by atoms with E-state index in [-0.39, 0.29) is 5.76 Å². The molecule has 5 nitrogen and oxygen atoms in total. The van der Waals surface area contributed by atoms with E-state index in [1.807, 2.05) is 12.1 Å². The van der Waals surface area contributed by atoms with Gasteiger partial charge in [0.1, 0.15) is 5.58 Å². The van der Waals surface area contributed by atoms with Gasteiger partial charge in [0, 0.05) is 5.39 Å². The van der Waals surface area contributed by atoms with E-state index >= 15 is 0 Å². The maximum atomic E-state index is 12.1. The highest BCUT2D eigenvalue weighted by molar-refractivity contribution is 6.33. The van der Waals surface area contributed by atoms with Gasteiger partial charge in [0.15, 0.2) is 6.10 Å². The first-order valence-electron chi connectivity index (χ1n) is 7.29. The number of amides is 1. The third kappa shape index (κ3) is 3.41. The number of hydrogen-bond acceptors (Lipinski definition) is 4. The number of anilines is 1. The van der Waals surface area contributed by atoms with Crippen LogP contribution in [0.4, 0.5) is 5.69 Å². The molecule has 0 spiro atoms. The van der Waals surface area contributed by atoms with Gasteiger partial charge in [-0.2, -0.15) is 0 Å². The highest BCUT2D eigenvalue weighted by atomic mass is 35.5. The fraction of sp³-hybridized carbons (Fsp3) is 0.111. The molecule has 3 aromatic rings. The van der Waals surface area contributed by atoms with Gasteiger partial charge in [-0.25, -0.2) is 4.79 Å². The number of para-hydroxylation sites is 2. The van der Waals surface area contributed by atoms with Crippen molar-refractivity contribution < 1.29 is 18.7 Å². The largest absolute Gasteiger partial charge is 0.449 e. The zero-order valence-corrected chi connectivity index (χ0v) is 13.5. The second-order valence-corrected chi connectivity index (χ2v) is 5.57. The van der Waals surface area contributed by atoms with Crippen molar-refractivity contribution in [2.24, 2.45) is 0 Å². The van der Waals surface area contributed by atoms with E-state index in [0.29, 0.717) is 16.3 Å². The minimum atomic E-state index is -0.998. The first-order chi connectivity index (χ1) is 11.5. The average molecular weight is 344 g/mol. The number of esters is 1. The van der Waals surface area contributed by atoms with E-state index in [1.165, 1.54) is 6.92 Å². The third-order valence-electron chi connectivity index (χ3n) is 3.41. The van der Waals surface area contributed by atoms with Crippen LogP contribution in [-0.4, -0.2) is 18.0 Å². The Morgan fingerprint density at radius 2 is 1.83 bits per heavy atom. The van der Waals surface area contributed by atoms with Crippen LogP contribution in [0.25, 0.3) is 11.0 Å². The molecule has 2 aromatic carbocycles. The maximum Gasteiger partial charge on any atom is 0.375 e. The molecule has 0 fully saturated rings. The SMILES string of the molecule is C[C@@H](OC(=O)c1cc2ccccc2o1)C(=O)Nc1ccccc1Cl. The molecule has 1 aromatic heterocycles. The lowest BCUT2D eigenvalue weighted by molar-refractivity contribution is -0.123. The molecule has 6 heteroatoms. The van der Waals surface area contributed by atoms with Crippen LogP contribution in [0, 0.1) is 0 Å². The van der Waals surface area contributed by atoms with Gasteiger partial charge in [0.2, 0.25) is 5.76 Å². The molecule has 0 saturated carbocycles. The van der Waals surface area contributed by atoms with Crippen LogP contribution in [0.3, 0.4) is 0 Å². The van der Waals surface area contributed by atoms with Crippen LogP contribution in [0.2, 0.25) is 5.02 Å². The number of furan rings is 1. The number of carbonyl (C=O) groups excluding carboxylic acids is 2. The molecular formula is C18H14ClNO4. The number of hydrogen-bond donors (Lipinski definition) is 1. The Morgan fingerprint density at radius 3 is 2.58 bits per heavy atom. The summed E-state index contributed by atoms with van der Waals surface area (Å²) in [5, 5.41) is 3.81. The predicted molar refractivity (Wildman–Crippen MR) is 91.2 cm³/mol. The molecule has 122 valence electrons. The Kier molecular flexibility index (Phi) is 4.53. The fourth-order valence-corrected chi connectivity index (χ4v) is 2.33. The second kappa shape index (κ2) is 6.76. The standard InChI is InChI=1S/C18H14ClNO4/c1-11(17(21)20-14-8-4-3-7-13(14)19)23-18(22)16-10-12-6-2-5-9-15(12)24-16/h2-11H,1H3,(H,20,21)/t11-/m1/s1. The van der Waals surface area contributed by atoms with Gasteiger partial charge in [0.25, 0.3) is 5.91 Å². The molecule has 0 unspecified atom stereocenters. The minimum absolute atomic E-state index is 0.0496. The van der Waals surface area contributed by atoms with Crippen LogP contribution in [-0.2, 0) is 9.53 Å². The monoisotopic (exact) mass is 343 g/mol. The van der Waals surface area contributed by atoms with Gasteiger partial charge < -0.3 is 14.5 Å². The highest BCUT2D eigenvalue weighted by Crippen LogP contribution is 2.22. The summed E-state index contributed by atoms with van der Waals surface area (Å²) in [5.74, 6) is -1.13. The molecule has 24 heavy (non-hydrogen) atoms. The van der Waals surface area contributed by atoms with Crippen LogP contribution in [0.15, 0.2) is 59.0 Å². The molecule has 0 bridgehead atoms. The molecular weight excluding hydrogens is 330 g/mol. The van der Waals surface area contributed by atoms with Crippen molar-refractivity contribution in [1.29, 1.82) is 0 Å². The molecule has 0 aliphatic carbocycles. The quantitative estimate of drug-likeness (QED) is 0.718. The van der Waals surface area contributed by atoms with Gasteiger partial charge in [-0.05, 0) is 31.2 Å². The predicted octanol–water partition coefficient (Wildman–Crippen LogP) is 4.27. The number of nitrogens with one attached hydrogen (secondary N) is 1. The maximum absolute atomic E-state index is 12.1. The molecule has 1 atom stereocenters. The number of benzene rings is 2. The smallest absolute Gasteiger partial charge is 0.375 e. The van der Waals surface area contributed by atoms with Gasteiger partial charge in [-0.1, -0.05) is 41.9 Å². The summed E-state index contributed by atoms with van der Waals surface area (Å²) in [6.45, 7) is 1.48. The summed E-state index contributed by atoms with van der Waals surface area (Å²) >= 11 is 5.98. The molecule has 3 rings (SSSR count). The van der Waals surface area contributed by atoms with Crippen molar-refractivity contribution in [2.45, 2.75) is 13.0 Å². The van der Waals surface area contributed by atoms with E-state index in [4.69, 9.17) is 20.8 Å². The van der Waals surface area contributed by atoms with Gasteiger partial charge >= 0.3 is 5.97 Å². The highest BCUT2D eigenvalue weighted by Gasteiger charge is 2.22. The zero-order chi connectivity index (χ0) is 17.1. The summed E-state index contributed by atoms with van der Waals surface area (Å²) in [5.41, 5.74) is 1.04.